The van der Waals surface area contributed by atoms with Crippen molar-refractivity contribution in [3.63, 3.8) is 0 Å². The summed E-state index contributed by atoms with van der Waals surface area (Å²) in [6.07, 6.45) is 1.70. The van der Waals surface area contributed by atoms with Gasteiger partial charge in [0.2, 0.25) is 0 Å². The maximum atomic E-state index is 11.4. The van der Waals surface area contributed by atoms with E-state index in [4.69, 9.17) is 5.73 Å². The van der Waals surface area contributed by atoms with Crippen LogP contribution in [0.5, 0.6) is 0 Å². The molecular weight excluding hydrogens is 220 g/mol. The molecule has 0 aliphatic heterocycles. The first-order chi connectivity index (χ1) is 8.11. The standard InChI is InChI=1S/C11H12N4O2/c1-7-8(11(16)17-2)3-4-10(13-7)15-6-5-9(12)14-15/h3-6H,1-2H3,(H2,12,14). The van der Waals surface area contributed by atoms with Gasteiger partial charge in [0.25, 0.3) is 0 Å². The molecule has 0 atom stereocenters. The van der Waals surface area contributed by atoms with Crippen LogP contribution in [0, 0.1) is 6.92 Å². The summed E-state index contributed by atoms with van der Waals surface area (Å²) in [5.41, 5.74) is 6.55. The van der Waals surface area contributed by atoms with E-state index in [1.807, 2.05) is 0 Å². The van der Waals surface area contributed by atoms with Crippen molar-refractivity contribution in [1.29, 1.82) is 0 Å². The van der Waals surface area contributed by atoms with E-state index in [1.54, 1.807) is 36.0 Å². The molecule has 0 amide bonds. The predicted octanol–water partition coefficient (Wildman–Crippen LogP) is 0.945. The van der Waals surface area contributed by atoms with E-state index < -0.39 is 5.97 Å². The van der Waals surface area contributed by atoms with Crippen LogP contribution >= 0.6 is 0 Å². The summed E-state index contributed by atoms with van der Waals surface area (Å²) in [5.74, 6) is 0.620. The second-order valence-electron chi connectivity index (χ2n) is 3.48. The van der Waals surface area contributed by atoms with Gasteiger partial charge in [-0.15, -0.1) is 5.10 Å². The molecule has 6 nitrogen and oxygen atoms in total. The second kappa shape index (κ2) is 4.25. The number of pyridine rings is 1. The van der Waals surface area contributed by atoms with Crippen LogP contribution in [0.1, 0.15) is 16.1 Å². The van der Waals surface area contributed by atoms with Gasteiger partial charge in [0.05, 0.1) is 18.4 Å². The highest BCUT2D eigenvalue weighted by Crippen LogP contribution is 2.11. The fourth-order valence-corrected chi connectivity index (χ4v) is 1.47. The van der Waals surface area contributed by atoms with Gasteiger partial charge in [-0.3, -0.25) is 0 Å². The van der Waals surface area contributed by atoms with Gasteiger partial charge < -0.3 is 10.5 Å². The summed E-state index contributed by atoms with van der Waals surface area (Å²) in [5, 5.41) is 4.03. The number of nitrogen functional groups attached to an aromatic ring is 1. The van der Waals surface area contributed by atoms with Crippen LogP contribution in [0.2, 0.25) is 0 Å². The lowest BCUT2D eigenvalue weighted by atomic mass is 10.2. The van der Waals surface area contributed by atoms with Gasteiger partial charge in [-0.05, 0) is 19.1 Å². The highest BCUT2D eigenvalue weighted by atomic mass is 16.5. The molecule has 2 heterocycles. The van der Waals surface area contributed by atoms with Crippen LogP contribution in [0.3, 0.4) is 0 Å². The third kappa shape index (κ3) is 2.10. The van der Waals surface area contributed by atoms with Crippen molar-refractivity contribution in [2.45, 2.75) is 6.92 Å². The van der Waals surface area contributed by atoms with Gasteiger partial charge in [0.1, 0.15) is 5.82 Å². The zero-order valence-electron chi connectivity index (χ0n) is 9.54. The van der Waals surface area contributed by atoms with E-state index in [0.717, 1.165) is 0 Å². The van der Waals surface area contributed by atoms with E-state index >= 15 is 0 Å². The molecule has 0 spiro atoms. The third-order valence-corrected chi connectivity index (χ3v) is 2.32. The highest BCUT2D eigenvalue weighted by Gasteiger charge is 2.11. The highest BCUT2D eigenvalue weighted by molar-refractivity contribution is 5.90. The number of esters is 1. The van der Waals surface area contributed by atoms with Crippen molar-refractivity contribution in [3.05, 3.63) is 35.7 Å². The van der Waals surface area contributed by atoms with Gasteiger partial charge in [-0.2, -0.15) is 0 Å². The molecule has 0 unspecified atom stereocenters. The second-order valence-corrected chi connectivity index (χ2v) is 3.48. The molecule has 0 saturated heterocycles. The Morgan fingerprint density at radius 2 is 2.18 bits per heavy atom. The number of rotatable bonds is 2. The number of anilines is 1. The molecule has 2 N–H and O–H groups in total. The zero-order valence-corrected chi connectivity index (χ0v) is 9.54. The maximum absolute atomic E-state index is 11.4. The third-order valence-electron chi connectivity index (χ3n) is 2.32. The van der Waals surface area contributed by atoms with E-state index in [0.29, 0.717) is 22.9 Å². The largest absolute Gasteiger partial charge is 0.465 e. The van der Waals surface area contributed by atoms with E-state index in [-0.39, 0.29) is 0 Å². The first kappa shape index (κ1) is 11.1. The molecule has 2 rings (SSSR count). The summed E-state index contributed by atoms with van der Waals surface area (Å²) in [7, 11) is 1.34. The van der Waals surface area contributed by atoms with Crippen LogP contribution in [0.25, 0.3) is 5.82 Å². The molecule has 0 aliphatic carbocycles. The molecule has 0 aromatic carbocycles. The number of aromatic nitrogens is 3. The van der Waals surface area contributed by atoms with Crippen LogP contribution in [0.4, 0.5) is 5.82 Å². The van der Waals surface area contributed by atoms with Crippen molar-refractivity contribution < 1.29 is 9.53 Å². The predicted molar refractivity (Wildman–Crippen MR) is 61.8 cm³/mol. The van der Waals surface area contributed by atoms with Gasteiger partial charge in [-0.1, -0.05) is 0 Å². The number of aryl methyl sites for hydroxylation is 1. The first-order valence-corrected chi connectivity index (χ1v) is 4.99. The minimum Gasteiger partial charge on any atom is -0.465 e. The summed E-state index contributed by atoms with van der Waals surface area (Å²) < 4.78 is 6.19. The molecule has 17 heavy (non-hydrogen) atoms. The SMILES string of the molecule is COC(=O)c1ccc(-n2ccc(N)n2)nc1C. The van der Waals surface area contributed by atoms with Crippen molar-refractivity contribution in [1.82, 2.24) is 14.8 Å². The Morgan fingerprint density at radius 3 is 2.71 bits per heavy atom. The van der Waals surface area contributed by atoms with Crippen LogP contribution in [0.15, 0.2) is 24.4 Å². The van der Waals surface area contributed by atoms with Gasteiger partial charge in [0, 0.05) is 12.3 Å². The number of nitrogens with zero attached hydrogens (tertiary/aromatic N) is 3. The molecule has 2 aromatic heterocycles. The van der Waals surface area contributed by atoms with Gasteiger partial charge in [0.15, 0.2) is 5.82 Å². The Labute approximate surface area is 98.0 Å². The number of ether oxygens (including phenoxy) is 1. The number of hydrogen-bond donors (Lipinski definition) is 1. The lowest BCUT2D eigenvalue weighted by Gasteiger charge is -2.05. The fraction of sp³-hybridized carbons (Fsp3) is 0.182. The molecule has 0 aliphatic rings. The Hall–Kier alpha value is -2.37. The van der Waals surface area contributed by atoms with E-state index in [2.05, 4.69) is 14.8 Å². The Morgan fingerprint density at radius 1 is 1.41 bits per heavy atom. The number of hydrogen-bond acceptors (Lipinski definition) is 5. The van der Waals surface area contributed by atoms with Crippen LogP contribution in [-0.4, -0.2) is 27.8 Å². The Bertz CT molecular complexity index is 562. The van der Waals surface area contributed by atoms with Crippen LogP contribution in [-0.2, 0) is 4.74 Å². The van der Waals surface area contributed by atoms with Crippen molar-refractivity contribution in [2.24, 2.45) is 0 Å². The average Bonchev–Trinajstić information content (AvgIpc) is 2.75. The fourth-order valence-electron chi connectivity index (χ4n) is 1.47. The summed E-state index contributed by atoms with van der Waals surface area (Å²) in [4.78, 5) is 15.7. The van der Waals surface area contributed by atoms with E-state index in [1.165, 1.54) is 7.11 Å². The number of nitrogens with two attached hydrogens (primary N) is 1. The Kier molecular flexibility index (Phi) is 2.78. The lowest BCUT2D eigenvalue weighted by molar-refractivity contribution is 0.0599. The van der Waals surface area contributed by atoms with Gasteiger partial charge >= 0.3 is 5.97 Å². The minimum absolute atomic E-state index is 0.401. The average molecular weight is 232 g/mol. The Balaban J connectivity index is 2.40. The first-order valence-electron chi connectivity index (χ1n) is 4.99. The molecular formula is C11H12N4O2. The maximum Gasteiger partial charge on any atom is 0.339 e. The monoisotopic (exact) mass is 232 g/mol. The quantitative estimate of drug-likeness (QED) is 0.779. The molecule has 88 valence electrons. The summed E-state index contributed by atoms with van der Waals surface area (Å²) in [6.45, 7) is 1.74. The van der Waals surface area contributed by atoms with E-state index in [9.17, 15) is 4.79 Å². The summed E-state index contributed by atoms with van der Waals surface area (Å²) >= 11 is 0. The minimum atomic E-state index is -0.401. The van der Waals surface area contributed by atoms with Crippen LogP contribution < -0.4 is 5.73 Å². The molecule has 6 heteroatoms. The summed E-state index contributed by atoms with van der Waals surface area (Å²) in [6, 6.07) is 5.01. The van der Waals surface area contributed by atoms with Gasteiger partial charge in [-0.25, -0.2) is 14.5 Å². The zero-order chi connectivity index (χ0) is 12.4. The van der Waals surface area contributed by atoms with Crippen molar-refractivity contribution in [3.8, 4) is 5.82 Å². The van der Waals surface area contributed by atoms with Crippen molar-refractivity contribution in [2.75, 3.05) is 12.8 Å². The lowest BCUT2D eigenvalue weighted by Crippen LogP contribution is -2.08. The normalized spacial score (nSPS) is 10.2. The topological polar surface area (TPSA) is 83.0 Å². The molecule has 0 saturated carbocycles. The smallest absolute Gasteiger partial charge is 0.339 e. The number of methoxy groups -OCH3 is 1. The molecule has 2 aromatic rings. The van der Waals surface area contributed by atoms with Crippen molar-refractivity contribution >= 4 is 11.8 Å². The molecule has 0 radical (unpaired) electrons. The number of carbonyl (C=O) groups is 1. The molecule has 0 fully saturated rings. The number of carbonyl (C=O) groups excluding carboxylic acids is 1. The molecule has 0 bridgehead atoms.